The molecule has 2 aliphatic heterocycles. The monoisotopic (exact) mass is 746 g/mol. The first kappa shape index (κ1) is 38.4. The quantitative estimate of drug-likeness (QED) is 0.150. The van der Waals surface area contributed by atoms with Crippen LogP contribution in [-0.4, -0.2) is 86.1 Å². The van der Waals surface area contributed by atoms with Gasteiger partial charge in [-0.1, -0.05) is 19.4 Å². The average Bonchev–Trinajstić information content (AvgIpc) is 3.87. The van der Waals surface area contributed by atoms with E-state index in [0.29, 0.717) is 56.2 Å². The molecule has 2 atom stereocenters. The summed E-state index contributed by atoms with van der Waals surface area (Å²) in [6, 6.07) is 10.3. The minimum Gasteiger partial charge on any atom is -0.481 e. The van der Waals surface area contributed by atoms with Crippen molar-refractivity contribution in [2.24, 2.45) is 0 Å². The van der Waals surface area contributed by atoms with Gasteiger partial charge in [0, 0.05) is 62.5 Å². The van der Waals surface area contributed by atoms with E-state index in [2.05, 4.69) is 29.0 Å². The third kappa shape index (κ3) is 8.57. The SMILES string of the molecule is CC(=O)O.CCc1cc(Nc2cc(=O)n(CCCCCN3CC4OCCN(c5cc6c(cc5F)c(=O)c(C(=O)O)cn6C5CC5)C4C3)c(=O)[nH]2)ccc1C. The van der Waals surface area contributed by atoms with Crippen LogP contribution in [-0.2, 0) is 22.5 Å². The van der Waals surface area contributed by atoms with Crippen LogP contribution >= 0.6 is 0 Å². The Bertz CT molecular complexity index is 2190. The lowest BCUT2D eigenvalue weighted by Gasteiger charge is -2.39. The number of aromatic nitrogens is 3. The molecule has 0 radical (unpaired) electrons. The molecule has 288 valence electrons. The molecule has 2 aromatic carbocycles. The summed E-state index contributed by atoms with van der Waals surface area (Å²) in [5, 5.41) is 20.2. The van der Waals surface area contributed by atoms with Crippen LogP contribution in [0.2, 0.25) is 0 Å². The molecule has 2 aromatic heterocycles. The lowest BCUT2D eigenvalue weighted by atomic mass is 10.1. The van der Waals surface area contributed by atoms with E-state index < -0.39 is 28.9 Å². The Balaban J connectivity index is 0.00000119. The first-order valence-corrected chi connectivity index (χ1v) is 18.5. The Hall–Kier alpha value is -5.28. The predicted octanol–water partition coefficient (Wildman–Crippen LogP) is 4.49. The van der Waals surface area contributed by atoms with Gasteiger partial charge in [0.05, 0.1) is 30.0 Å². The number of nitrogens with one attached hydrogen (secondary N) is 2. The molecule has 0 bridgehead atoms. The zero-order valence-corrected chi connectivity index (χ0v) is 30.8. The normalized spacial score (nSPS) is 18.3. The number of pyridine rings is 1. The summed E-state index contributed by atoms with van der Waals surface area (Å²) < 4.78 is 24.9. The van der Waals surface area contributed by atoms with Crippen LogP contribution in [0.1, 0.15) is 73.5 Å². The van der Waals surface area contributed by atoms with Crippen molar-refractivity contribution in [1.29, 1.82) is 0 Å². The first-order valence-electron chi connectivity index (χ1n) is 18.5. The highest BCUT2D eigenvalue weighted by Gasteiger charge is 2.41. The largest absolute Gasteiger partial charge is 0.481 e. The molecule has 4 N–H and O–H groups in total. The predicted molar refractivity (Wildman–Crippen MR) is 203 cm³/mol. The van der Waals surface area contributed by atoms with Gasteiger partial charge in [-0.05, 0) is 81.0 Å². The van der Waals surface area contributed by atoms with Gasteiger partial charge >= 0.3 is 11.7 Å². The van der Waals surface area contributed by atoms with Crippen molar-refractivity contribution in [3.05, 3.63) is 96.2 Å². The Labute approximate surface area is 310 Å². The molecule has 2 unspecified atom stereocenters. The number of ether oxygens (including phenoxy) is 1. The summed E-state index contributed by atoms with van der Waals surface area (Å²) in [5.74, 6) is -2.33. The smallest absolute Gasteiger partial charge is 0.341 e. The average molecular weight is 747 g/mol. The Morgan fingerprint density at radius 2 is 1.76 bits per heavy atom. The molecule has 2 saturated heterocycles. The third-order valence-corrected chi connectivity index (χ3v) is 10.3. The van der Waals surface area contributed by atoms with Crippen LogP contribution in [0.3, 0.4) is 0 Å². The van der Waals surface area contributed by atoms with Crippen molar-refractivity contribution < 1.29 is 28.9 Å². The number of nitrogens with zero attached hydrogens (tertiary/aromatic N) is 4. The maximum Gasteiger partial charge on any atom is 0.341 e. The number of likely N-dealkylation sites (tertiary alicyclic amines) is 1. The molecule has 0 spiro atoms. The topological polar surface area (TPSA) is 179 Å². The molecule has 4 aromatic rings. The standard InChI is InChI=1S/C37H43FN6O6.C2H4O2/c1-3-23-15-24(8-7-22(23)2)39-33-18-34(45)43(37(49)40-33)12-6-4-5-11-41-20-31-32(21-41)50-14-13-42(31)30-17-29-26(16-28(30)38)35(46)27(36(47)48)19-44(29)25-9-10-25;1-2(3)4/h7-8,15-19,25,31-32,39H,3-6,9-14,20-21H2,1-2H3,(H,40,49)(H,47,48);1H3,(H,3,4). The van der Waals surface area contributed by atoms with E-state index in [0.717, 1.165) is 51.3 Å². The summed E-state index contributed by atoms with van der Waals surface area (Å²) in [6.45, 7) is 8.68. The number of unbranched alkanes of at least 4 members (excludes halogenated alkanes) is 2. The molecule has 3 aliphatic rings. The number of fused-ring (bicyclic) bond motifs is 2. The zero-order chi connectivity index (χ0) is 38.7. The molecule has 15 heteroatoms. The number of aryl methyl sites for hydroxylation is 2. The van der Waals surface area contributed by atoms with Crippen LogP contribution < -0.4 is 26.9 Å². The number of H-pyrrole nitrogens is 1. The number of carbonyl (C=O) groups is 2. The number of aliphatic carboxylic acids is 1. The Morgan fingerprint density at radius 1 is 1.02 bits per heavy atom. The molecule has 1 aliphatic carbocycles. The van der Waals surface area contributed by atoms with Crippen LogP contribution in [0.15, 0.2) is 57.0 Å². The van der Waals surface area contributed by atoms with Gasteiger partial charge in [-0.15, -0.1) is 0 Å². The number of anilines is 3. The summed E-state index contributed by atoms with van der Waals surface area (Å²) in [5.41, 5.74) is 2.35. The fourth-order valence-electron chi connectivity index (χ4n) is 7.50. The number of aromatic carboxylic acids is 1. The third-order valence-electron chi connectivity index (χ3n) is 10.3. The van der Waals surface area contributed by atoms with Gasteiger partial charge in [0.2, 0.25) is 5.43 Å². The maximum absolute atomic E-state index is 15.7. The molecule has 54 heavy (non-hydrogen) atoms. The first-order chi connectivity index (χ1) is 25.8. The second-order valence-corrected chi connectivity index (χ2v) is 14.2. The van der Waals surface area contributed by atoms with E-state index in [1.54, 1.807) is 6.07 Å². The van der Waals surface area contributed by atoms with Gasteiger partial charge in [0.25, 0.3) is 11.5 Å². The second-order valence-electron chi connectivity index (χ2n) is 14.2. The maximum atomic E-state index is 15.7. The van der Waals surface area contributed by atoms with Crippen molar-refractivity contribution >= 4 is 40.0 Å². The van der Waals surface area contributed by atoms with E-state index in [4.69, 9.17) is 14.6 Å². The number of aromatic amines is 1. The minimum absolute atomic E-state index is 0.0761. The van der Waals surface area contributed by atoms with Crippen LogP contribution in [0.4, 0.5) is 21.6 Å². The number of morpholine rings is 1. The lowest BCUT2D eigenvalue weighted by Crippen LogP contribution is -2.51. The van der Waals surface area contributed by atoms with Gasteiger partial charge in [-0.3, -0.25) is 28.8 Å². The highest BCUT2D eigenvalue weighted by Crippen LogP contribution is 2.39. The van der Waals surface area contributed by atoms with Crippen molar-refractivity contribution in [2.75, 3.05) is 43.0 Å². The van der Waals surface area contributed by atoms with Gasteiger partial charge in [0.15, 0.2) is 0 Å². The molecule has 14 nitrogen and oxygen atoms in total. The number of carboxylic acids is 2. The second kappa shape index (κ2) is 16.4. The molecule has 4 heterocycles. The van der Waals surface area contributed by atoms with Crippen LogP contribution in [0.5, 0.6) is 0 Å². The van der Waals surface area contributed by atoms with Crippen molar-refractivity contribution in [3.8, 4) is 0 Å². The highest BCUT2D eigenvalue weighted by atomic mass is 19.1. The number of halogens is 1. The number of hydrogen-bond acceptors (Lipinski definition) is 9. The van der Waals surface area contributed by atoms with Gasteiger partial charge in [0.1, 0.15) is 17.2 Å². The van der Waals surface area contributed by atoms with Gasteiger partial charge in [-0.25, -0.2) is 14.0 Å². The van der Waals surface area contributed by atoms with Crippen LogP contribution in [0, 0.1) is 12.7 Å². The molecule has 7 rings (SSSR count). The highest BCUT2D eigenvalue weighted by molar-refractivity contribution is 5.93. The van der Waals surface area contributed by atoms with Gasteiger partial charge < -0.3 is 29.7 Å². The fourth-order valence-corrected chi connectivity index (χ4v) is 7.50. The van der Waals surface area contributed by atoms with E-state index in [1.807, 2.05) is 27.7 Å². The lowest BCUT2D eigenvalue weighted by molar-refractivity contribution is -0.134. The van der Waals surface area contributed by atoms with Crippen molar-refractivity contribution in [1.82, 2.24) is 19.0 Å². The van der Waals surface area contributed by atoms with Crippen molar-refractivity contribution in [3.63, 3.8) is 0 Å². The number of carboxylic acid groups (broad SMARTS) is 2. The number of benzene rings is 2. The Morgan fingerprint density at radius 3 is 2.44 bits per heavy atom. The molecule has 1 saturated carbocycles. The van der Waals surface area contributed by atoms with E-state index in [1.165, 1.54) is 34.0 Å². The number of hydrogen-bond donors (Lipinski definition) is 4. The zero-order valence-electron chi connectivity index (χ0n) is 30.8. The summed E-state index contributed by atoms with van der Waals surface area (Å²) in [6.07, 6.45) is 6.31. The molecule has 3 fully saturated rings. The summed E-state index contributed by atoms with van der Waals surface area (Å²) in [7, 11) is 0. The molecular weight excluding hydrogens is 699 g/mol. The van der Waals surface area contributed by atoms with Crippen molar-refractivity contribution in [2.45, 2.75) is 84.0 Å². The Kier molecular flexibility index (Phi) is 11.7. The van der Waals surface area contributed by atoms with Gasteiger partial charge in [-0.2, -0.15) is 0 Å². The number of rotatable bonds is 12. The molecule has 0 amide bonds. The van der Waals surface area contributed by atoms with E-state index >= 15 is 4.39 Å². The fraction of sp³-hybridized carbons (Fsp3) is 0.462. The molecular formula is C39H47FN6O8. The summed E-state index contributed by atoms with van der Waals surface area (Å²) in [4.78, 5) is 66.4. The van der Waals surface area contributed by atoms with E-state index in [9.17, 15) is 24.3 Å². The minimum atomic E-state index is -1.31. The van der Waals surface area contributed by atoms with Crippen LogP contribution in [0.25, 0.3) is 10.9 Å². The van der Waals surface area contributed by atoms with E-state index in [-0.39, 0.29) is 34.7 Å². The summed E-state index contributed by atoms with van der Waals surface area (Å²) >= 11 is 0.